The molecule has 0 saturated heterocycles. The topological polar surface area (TPSA) is 142 Å². The lowest BCUT2D eigenvalue weighted by molar-refractivity contribution is -0.149. The minimum atomic E-state index is -1.46. The molecule has 10 nitrogen and oxygen atoms in total. The van der Waals surface area contributed by atoms with Crippen molar-refractivity contribution < 1.29 is 43.3 Å². The minimum absolute atomic E-state index is 0.0417. The quantitative estimate of drug-likeness (QED) is 0.178. The van der Waals surface area contributed by atoms with Gasteiger partial charge in [0.15, 0.2) is 11.5 Å². The van der Waals surface area contributed by atoms with E-state index >= 15 is 0 Å². The van der Waals surface area contributed by atoms with Crippen LogP contribution in [0.1, 0.15) is 35.7 Å². The number of amides is 2. The third-order valence-corrected chi connectivity index (χ3v) is 7.18. The number of halogens is 2. The largest absolute Gasteiger partial charge is 0.493 e. The van der Waals surface area contributed by atoms with Crippen LogP contribution in [0, 0.1) is 9.39 Å². The maximum atomic E-state index is 14.6. The number of ether oxygens (including phenoxy) is 2. The summed E-state index contributed by atoms with van der Waals surface area (Å²) in [4.78, 5) is 51.1. The van der Waals surface area contributed by atoms with Gasteiger partial charge in [-0.2, -0.15) is 0 Å². The fourth-order valence-electron chi connectivity index (χ4n) is 4.30. The number of aliphatic hydroxyl groups is 2. The number of nitrogens with zero attached hydrogens (tertiary/aromatic N) is 1. The zero-order valence-electron chi connectivity index (χ0n) is 21.9. The van der Waals surface area contributed by atoms with Gasteiger partial charge in [0.2, 0.25) is 11.7 Å². The van der Waals surface area contributed by atoms with E-state index in [1.807, 2.05) is 22.6 Å². The number of hydrogen-bond acceptors (Lipinski definition) is 8. The highest BCUT2D eigenvalue weighted by molar-refractivity contribution is 14.1. The first-order chi connectivity index (χ1) is 19.1. The second-order valence-electron chi connectivity index (χ2n) is 8.97. The molecule has 214 valence electrons. The monoisotopic (exact) mass is 668 g/mol. The van der Waals surface area contributed by atoms with E-state index < -0.39 is 41.7 Å². The first kappa shape index (κ1) is 31.2. The third-order valence-electron chi connectivity index (χ3n) is 6.38. The van der Waals surface area contributed by atoms with E-state index in [2.05, 4.69) is 5.32 Å². The molecular weight excluding hydrogens is 638 g/mol. The zero-order valence-corrected chi connectivity index (χ0v) is 24.1. The zero-order chi connectivity index (χ0) is 29.4. The van der Waals surface area contributed by atoms with Crippen LogP contribution in [0.5, 0.6) is 11.5 Å². The molecule has 2 aromatic carbocycles. The van der Waals surface area contributed by atoms with E-state index in [-0.39, 0.29) is 55.2 Å². The molecule has 0 fully saturated rings. The van der Waals surface area contributed by atoms with Gasteiger partial charge in [-0.1, -0.05) is 25.1 Å². The van der Waals surface area contributed by atoms with Crippen molar-refractivity contribution in [1.29, 1.82) is 0 Å². The third kappa shape index (κ3) is 7.23. The Labute approximate surface area is 244 Å². The molecule has 2 amide bonds. The number of nitrogens with one attached hydrogen (secondary N) is 1. The molecule has 0 bridgehead atoms. The molecule has 0 heterocycles. The Kier molecular flexibility index (Phi) is 11.2. The van der Waals surface area contributed by atoms with E-state index in [1.54, 1.807) is 12.1 Å². The fraction of sp³-hybridized carbons (Fsp3) is 0.357. The van der Waals surface area contributed by atoms with Crippen molar-refractivity contribution in [2.45, 2.75) is 44.6 Å². The molecule has 1 aliphatic rings. The molecule has 2 aromatic rings. The number of ketones is 1. The van der Waals surface area contributed by atoms with Crippen LogP contribution >= 0.6 is 22.6 Å². The molecule has 12 heteroatoms. The van der Waals surface area contributed by atoms with Crippen molar-refractivity contribution in [1.82, 2.24) is 10.2 Å². The lowest BCUT2D eigenvalue weighted by Gasteiger charge is -2.40. The van der Waals surface area contributed by atoms with Gasteiger partial charge in [0.1, 0.15) is 24.3 Å². The fourth-order valence-corrected chi connectivity index (χ4v) is 5.05. The summed E-state index contributed by atoms with van der Waals surface area (Å²) in [5.41, 5.74) is 0.573. The average molecular weight is 668 g/mol. The van der Waals surface area contributed by atoms with Crippen LogP contribution in [0.2, 0.25) is 0 Å². The number of Topliss-reactive ketones (excluding diaryl/α,β-unsaturated/α-hetero) is 1. The lowest BCUT2D eigenvalue weighted by Crippen LogP contribution is -2.56. The van der Waals surface area contributed by atoms with Crippen molar-refractivity contribution in [3.63, 3.8) is 0 Å². The summed E-state index contributed by atoms with van der Waals surface area (Å²) in [7, 11) is 1.38. The summed E-state index contributed by atoms with van der Waals surface area (Å²) in [6.07, 6.45) is -0.932. The van der Waals surface area contributed by atoms with Crippen molar-refractivity contribution in [2.24, 2.45) is 0 Å². The van der Waals surface area contributed by atoms with Gasteiger partial charge in [-0.05, 0) is 46.9 Å². The highest BCUT2D eigenvalue weighted by Crippen LogP contribution is 2.37. The molecule has 1 aliphatic carbocycles. The summed E-state index contributed by atoms with van der Waals surface area (Å²) >= 11 is 1.94. The van der Waals surface area contributed by atoms with Gasteiger partial charge < -0.3 is 29.9 Å². The number of methoxy groups -OCH3 is 1. The van der Waals surface area contributed by atoms with E-state index in [0.29, 0.717) is 15.4 Å². The number of rotatable bonds is 12. The first-order valence-corrected chi connectivity index (χ1v) is 13.6. The second kappa shape index (κ2) is 14.3. The van der Waals surface area contributed by atoms with Gasteiger partial charge in [0.05, 0.1) is 23.3 Å². The number of carbonyl (C=O) groups is 4. The Bertz CT molecular complexity index is 1300. The van der Waals surface area contributed by atoms with E-state index in [9.17, 15) is 28.7 Å². The van der Waals surface area contributed by atoms with Crippen LogP contribution in [-0.2, 0) is 20.9 Å². The summed E-state index contributed by atoms with van der Waals surface area (Å²) < 4.78 is 26.6. The molecule has 40 heavy (non-hydrogen) atoms. The molecule has 0 aromatic heterocycles. The summed E-state index contributed by atoms with van der Waals surface area (Å²) in [5, 5.41) is 23.2. The molecule has 0 aliphatic heterocycles. The van der Waals surface area contributed by atoms with Crippen LogP contribution in [0.4, 0.5) is 4.39 Å². The standard InChI is InChI=1S/C28H30FIN2O8/c1-3-22(35)28(38)32(14-17-6-4-5-7-19(17)29)21-12-18(27(37)31-8-9-33)13-23(25(21)36)40-26-20(30)10-16(15-34)11-24(26)39-2/h4-7,10-11,13,15,21,23,25,33,36H,3,8-9,12,14H2,1-2H3,(H,31,37). The van der Waals surface area contributed by atoms with Crippen LogP contribution in [0.3, 0.4) is 0 Å². The van der Waals surface area contributed by atoms with Gasteiger partial charge >= 0.3 is 0 Å². The summed E-state index contributed by atoms with van der Waals surface area (Å²) in [6, 6.07) is 7.57. The minimum Gasteiger partial charge on any atom is -0.493 e. The summed E-state index contributed by atoms with van der Waals surface area (Å²) in [6.45, 7) is 0.814. The van der Waals surface area contributed by atoms with Gasteiger partial charge in [-0.25, -0.2) is 4.39 Å². The molecule has 3 rings (SSSR count). The van der Waals surface area contributed by atoms with Crippen molar-refractivity contribution >= 4 is 46.5 Å². The molecule has 0 spiro atoms. The lowest BCUT2D eigenvalue weighted by atomic mass is 9.87. The highest BCUT2D eigenvalue weighted by atomic mass is 127. The number of aldehydes is 1. The molecular formula is C28H30FIN2O8. The maximum absolute atomic E-state index is 14.6. The Hall–Kier alpha value is -3.36. The van der Waals surface area contributed by atoms with Crippen LogP contribution in [0.15, 0.2) is 48.0 Å². The Balaban J connectivity index is 2.08. The predicted molar refractivity (Wildman–Crippen MR) is 150 cm³/mol. The molecule has 3 unspecified atom stereocenters. The highest BCUT2D eigenvalue weighted by Gasteiger charge is 2.42. The SMILES string of the molecule is CCC(=O)C(=O)N(Cc1ccccc1F)C1CC(C(=O)NCCO)=CC(Oc2c(I)cc(C=O)cc2OC)C1O. The Morgan fingerprint density at radius 3 is 2.60 bits per heavy atom. The van der Waals surface area contributed by atoms with Gasteiger partial charge in [-0.3, -0.25) is 19.2 Å². The van der Waals surface area contributed by atoms with Gasteiger partial charge in [0, 0.05) is 42.6 Å². The van der Waals surface area contributed by atoms with E-state index in [0.717, 1.165) is 4.90 Å². The molecule has 3 atom stereocenters. The van der Waals surface area contributed by atoms with E-state index in [1.165, 1.54) is 44.4 Å². The van der Waals surface area contributed by atoms with Crippen LogP contribution < -0.4 is 14.8 Å². The first-order valence-electron chi connectivity index (χ1n) is 12.5. The van der Waals surface area contributed by atoms with Gasteiger partial charge in [0.25, 0.3) is 5.91 Å². The molecule has 0 radical (unpaired) electrons. The smallest absolute Gasteiger partial charge is 0.290 e. The summed E-state index contributed by atoms with van der Waals surface area (Å²) in [5.74, 6) is -2.48. The normalized spacial score (nSPS) is 18.4. The van der Waals surface area contributed by atoms with Crippen LogP contribution in [0.25, 0.3) is 0 Å². The second-order valence-corrected chi connectivity index (χ2v) is 10.1. The Morgan fingerprint density at radius 2 is 1.98 bits per heavy atom. The molecule has 0 saturated carbocycles. The van der Waals surface area contributed by atoms with Crippen LogP contribution in [-0.4, -0.2) is 77.5 Å². The van der Waals surface area contributed by atoms with E-state index in [4.69, 9.17) is 14.6 Å². The van der Waals surface area contributed by atoms with Crippen molar-refractivity contribution in [3.05, 3.63) is 68.6 Å². The van der Waals surface area contributed by atoms with Crippen molar-refractivity contribution in [3.8, 4) is 11.5 Å². The average Bonchev–Trinajstić information content (AvgIpc) is 2.96. The molecule has 3 N–H and O–H groups in total. The number of hydrogen-bond donors (Lipinski definition) is 3. The predicted octanol–water partition coefficient (Wildman–Crippen LogP) is 2.17. The van der Waals surface area contributed by atoms with Crippen molar-refractivity contribution in [2.75, 3.05) is 20.3 Å². The maximum Gasteiger partial charge on any atom is 0.290 e. The number of carbonyl (C=O) groups excluding carboxylic acids is 4. The number of benzene rings is 2. The Morgan fingerprint density at radius 1 is 1.25 bits per heavy atom. The number of aliphatic hydroxyl groups excluding tert-OH is 2. The van der Waals surface area contributed by atoms with Gasteiger partial charge in [-0.15, -0.1) is 0 Å².